The van der Waals surface area contributed by atoms with Gasteiger partial charge in [0.05, 0.1) is 29.8 Å². The lowest BCUT2D eigenvalue weighted by atomic mass is 10.1. The second-order valence-electron chi connectivity index (χ2n) is 7.47. The molecule has 0 spiro atoms. The number of nitriles is 1. The van der Waals surface area contributed by atoms with Crippen LogP contribution >= 0.6 is 0 Å². The van der Waals surface area contributed by atoms with Crippen LogP contribution in [0.2, 0.25) is 0 Å². The molecule has 4 rings (SSSR count). The molecule has 0 saturated carbocycles. The lowest BCUT2D eigenvalue weighted by Gasteiger charge is -2.33. The number of fused-ring (bicyclic) bond motifs is 1. The van der Waals surface area contributed by atoms with Crippen LogP contribution in [0.4, 0.5) is 0 Å². The molecule has 0 bridgehead atoms. The second-order valence-corrected chi connectivity index (χ2v) is 7.47. The molecule has 0 unspecified atom stereocenters. The van der Waals surface area contributed by atoms with Gasteiger partial charge < -0.3 is 14.8 Å². The van der Waals surface area contributed by atoms with Gasteiger partial charge >= 0.3 is 0 Å². The summed E-state index contributed by atoms with van der Waals surface area (Å²) >= 11 is 0. The number of hydrogen-bond donors (Lipinski definition) is 1. The Morgan fingerprint density at radius 1 is 1.26 bits per heavy atom. The molecule has 2 amide bonds. The van der Waals surface area contributed by atoms with E-state index in [9.17, 15) is 9.59 Å². The molecule has 0 radical (unpaired) electrons. The molecule has 8 nitrogen and oxygen atoms in total. The van der Waals surface area contributed by atoms with Gasteiger partial charge in [0.15, 0.2) is 0 Å². The van der Waals surface area contributed by atoms with Crippen LogP contribution in [0.5, 0.6) is 0 Å². The van der Waals surface area contributed by atoms with Gasteiger partial charge in [0.1, 0.15) is 5.82 Å². The fourth-order valence-corrected chi connectivity index (χ4v) is 3.73. The van der Waals surface area contributed by atoms with Gasteiger partial charge in [-0.1, -0.05) is 12.1 Å². The fourth-order valence-electron chi connectivity index (χ4n) is 3.73. The topological polar surface area (TPSA) is 104 Å². The molecule has 3 aromatic rings. The van der Waals surface area contributed by atoms with E-state index in [2.05, 4.69) is 21.4 Å². The van der Waals surface area contributed by atoms with Crippen molar-refractivity contribution >= 4 is 11.8 Å². The van der Waals surface area contributed by atoms with E-state index in [-0.39, 0.29) is 24.3 Å². The Labute approximate surface area is 180 Å². The third-order valence-electron chi connectivity index (χ3n) is 5.33. The smallest absolute Gasteiger partial charge is 0.254 e. The van der Waals surface area contributed by atoms with Crippen LogP contribution in [0, 0.1) is 11.3 Å². The number of hydrogen-bond acceptors (Lipinski definition) is 5. The first kappa shape index (κ1) is 20.3. The number of nitrogens with one attached hydrogen (secondary N) is 1. The molecule has 1 aliphatic heterocycles. The van der Waals surface area contributed by atoms with Crippen LogP contribution in [0.1, 0.15) is 46.0 Å². The van der Waals surface area contributed by atoms with Crippen LogP contribution in [0.25, 0.3) is 0 Å². The van der Waals surface area contributed by atoms with Crippen LogP contribution in [0.15, 0.2) is 55.0 Å². The van der Waals surface area contributed by atoms with E-state index < -0.39 is 0 Å². The SMILES string of the molecule is C[C@H]1c2nc(CC(=O)NCc3cccnc3)cn2CCN1C(=O)c1cccc(C#N)c1. The highest BCUT2D eigenvalue weighted by atomic mass is 16.2. The molecular weight excluding hydrogens is 392 g/mol. The monoisotopic (exact) mass is 414 g/mol. The van der Waals surface area contributed by atoms with Crippen molar-refractivity contribution in [2.24, 2.45) is 0 Å². The number of rotatable bonds is 5. The second kappa shape index (κ2) is 8.79. The van der Waals surface area contributed by atoms with Crippen LogP contribution in [0.3, 0.4) is 0 Å². The van der Waals surface area contributed by atoms with Crippen molar-refractivity contribution in [3.63, 3.8) is 0 Å². The van der Waals surface area contributed by atoms with Crippen molar-refractivity contribution in [3.05, 3.63) is 83.2 Å². The van der Waals surface area contributed by atoms with E-state index >= 15 is 0 Å². The zero-order valence-corrected chi connectivity index (χ0v) is 17.2. The largest absolute Gasteiger partial charge is 0.352 e. The van der Waals surface area contributed by atoms with Gasteiger partial charge in [-0.25, -0.2) is 4.98 Å². The molecule has 1 aromatic carbocycles. The average Bonchev–Trinajstić information content (AvgIpc) is 3.21. The minimum atomic E-state index is -0.237. The highest BCUT2D eigenvalue weighted by molar-refractivity contribution is 5.94. The lowest BCUT2D eigenvalue weighted by molar-refractivity contribution is -0.120. The molecule has 0 fully saturated rings. The zero-order valence-electron chi connectivity index (χ0n) is 17.2. The minimum absolute atomic E-state index is 0.117. The summed E-state index contributed by atoms with van der Waals surface area (Å²) in [6, 6.07) is 12.3. The van der Waals surface area contributed by atoms with Gasteiger partial charge in [-0.15, -0.1) is 0 Å². The molecule has 8 heteroatoms. The molecule has 2 aromatic heterocycles. The van der Waals surface area contributed by atoms with Gasteiger partial charge in [0.25, 0.3) is 5.91 Å². The van der Waals surface area contributed by atoms with E-state index in [0.29, 0.717) is 36.5 Å². The number of imidazole rings is 1. The molecule has 1 aliphatic rings. The maximum absolute atomic E-state index is 13.0. The van der Waals surface area contributed by atoms with Crippen molar-refractivity contribution in [1.29, 1.82) is 5.26 Å². The third kappa shape index (κ3) is 4.46. The van der Waals surface area contributed by atoms with Crippen molar-refractivity contribution < 1.29 is 9.59 Å². The Kier molecular flexibility index (Phi) is 5.76. The number of aromatic nitrogens is 3. The van der Waals surface area contributed by atoms with E-state index in [0.717, 1.165) is 11.4 Å². The molecule has 0 saturated heterocycles. The van der Waals surface area contributed by atoms with Gasteiger partial charge in [0.2, 0.25) is 5.91 Å². The number of carbonyl (C=O) groups is 2. The first-order valence-corrected chi connectivity index (χ1v) is 10.1. The van der Waals surface area contributed by atoms with Crippen molar-refractivity contribution in [2.45, 2.75) is 32.5 Å². The highest BCUT2D eigenvalue weighted by Crippen LogP contribution is 2.26. The van der Waals surface area contributed by atoms with Crippen molar-refractivity contribution in [1.82, 2.24) is 24.8 Å². The summed E-state index contributed by atoms with van der Waals surface area (Å²) in [6.45, 7) is 3.48. The van der Waals surface area contributed by atoms with Gasteiger partial charge in [-0.2, -0.15) is 5.26 Å². The molecule has 0 aliphatic carbocycles. The Morgan fingerprint density at radius 2 is 2.13 bits per heavy atom. The standard InChI is InChI=1S/C23H22N6O2/c1-16-22-27-20(11-21(30)26-14-18-5-3-7-25-13-18)15-28(22)8-9-29(16)23(31)19-6-2-4-17(10-19)12-24/h2-7,10,13,15-16H,8-9,11,14H2,1H3,(H,26,30)/t16-/m0/s1. The summed E-state index contributed by atoms with van der Waals surface area (Å²) in [6.07, 6.45) is 5.46. The van der Waals surface area contributed by atoms with E-state index in [1.165, 1.54) is 0 Å². The number of carbonyl (C=O) groups excluding carboxylic acids is 2. The number of nitrogens with zero attached hydrogens (tertiary/aromatic N) is 5. The van der Waals surface area contributed by atoms with Crippen LogP contribution in [-0.2, 0) is 24.3 Å². The lowest BCUT2D eigenvalue weighted by Crippen LogP contribution is -2.41. The summed E-state index contributed by atoms with van der Waals surface area (Å²) in [5, 5.41) is 12.0. The zero-order chi connectivity index (χ0) is 21.8. The molecule has 1 atom stereocenters. The van der Waals surface area contributed by atoms with E-state index in [4.69, 9.17) is 5.26 Å². The van der Waals surface area contributed by atoms with Gasteiger partial charge in [-0.05, 0) is 36.8 Å². The van der Waals surface area contributed by atoms with E-state index in [1.807, 2.05) is 29.8 Å². The summed E-state index contributed by atoms with van der Waals surface area (Å²) in [5.41, 5.74) is 2.55. The van der Waals surface area contributed by atoms with Crippen molar-refractivity contribution in [3.8, 4) is 6.07 Å². The molecule has 31 heavy (non-hydrogen) atoms. The van der Waals surface area contributed by atoms with Crippen LogP contribution in [-0.4, -0.2) is 37.8 Å². The Balaban J connectivity index is 1.42. The van der Waals surface area contributed by atoms with E-state index in [1.54, 1.807) is 41.6 Å². The molecule has 156 valence electrons. The van der Waals surface area contributed by atoms with Gasteiger partial charge in [-0.3, -0.25) is 14.6 Å². The van der Waals surface area contributed by atoms with Crippen LogP contribution < -0.4 is 5.32 Å². The molecule has 3 heterocycles. The number of benzene rings is 1. The predicted octanol–water partition coefficient (Wildman–Crippen LogP) is 2.23. The highest BCUT2D eigenvalue weighted by Gasteiger charge is 2.30. The summed E-state index contributed by atoms with van der Waals surface area (Å²) in [7, 11) is 0. The summed E-state index contributed by atoms with van der Waals surface area (Å²) in [5.74, 6) is 0.508. The number of amides is 2. The summed E-state index contributed by atoms with van der Waals surface area (Å²) in [4.78, 5) is 35.8. The Hall–Kier alpha value is -3.99. The van der Waals surface area contributed by atoms with Crippen molar-refractivity contribution in [2.75, 3.05) is 6.54 Å². The Morgan fingerprint density at radius 3 is 2.90 bits per heavy atom. The maximum atomic E-state index is 13.0. The Bertz CT molecular complexity index is 1150. The maximum Gasteiger partial charge on any atom is 0.254 e. The minimum Gasteiger partial charge on any atom is -0.352 e. The predicted molar refractivity (Wildman–Crippen MR) is 113 cm³/mol. The third-order valence-corrected chi connectivity index (χ3v) is 5.33. The molecular formula is C23H22N6O2. The fraction of sp³-hybridized carbons (Fsp3) is 0.261. The molecule has 1 N–H and O–H groups in total. The normalized spacial score (nSPS) is 15.1. The average molecular weight is 414 g/mol. The first-order chi connectivity index (χ1) is 15.0. The van der Waals surface area contributed by atoms with Gasteiger partial charge in [0, 0.05) is 43.8 Å². The quantitative estimate of drug-likeness (QED) is 0.689. The summed E-state index contributed by atoms with van der Waals surface area (Å²) < 4.78 is 2.00. The first-order valence-electron chi connectivity index (χ1n) is 10.1. The number of pyridine rings is 1.